The number of rotatable bonds is 3. The second-order valence-corrected chi connectivity index (χ2v) is 5.61. The molecule has 0 aliphatic heterocycles. The van der Waals surface area contributed by atoms with Crippen LogP contribution in [0, 0.1) is 11.7 Å². The molecule has 100 valence electrons. The van der Waals surface area contributed by atoms with Crippen LogP contribution in [-0.4, -0.2) is 21.1 Å². The average molecular weight is 300 g/mol. The number of thiophene rings is 1. The van der Waals surface area contributed by atoms with Crippen LogP contribution in [-0.2, 0) is 0 Å². The Hall–Kier alpha value is -2.05. The summed E-state index contributed by atoms with van der Waals surface area (Å²) in [5.41, 5.74) is 2.15. The molecule has 0 aliphatic carbocycles. The normalized spacial score (nSPS) is 11.2. The quantitative estimate of drug-likeness (QED) is 0.590. The molecule has 6 heteroatoms. The van der Waals surface area contributed by atoms with Crippen molar-refractivity contribution in [2.75, 3.05) is 0 Å². The topological polar surface area (TPSA) is 46.0 Å². The first-order valence-corrected chi connectivity index (χ1v) is 7.36. The van der Waals surface area contributed by atoms with Crippen molar-refractivity contribution in [2.45, 2.75) is 6.92 Å². The number of hydrogen-bond acceptors (Lipinski definition) is 4. The molecule has 0 bridgehead atoms. The molecule has 2 heterocycles. The monoisotopic (exact) mass is 300 g/mol. The van der Waals surface area contributed by atoms with Crippen LogP contribution < -0.4 is 0 Å². The third-order valence-electron chi connectivity index (χ3n) is 2.88. The maximum absolute atomic E-state index is 5.25. The van der Waals surface area contributed by atoms with Gasteiger partial charge in [-0.15, -0.1) is 11.3 Å². The minimum atomic E-state index is 0.482. The SMILES string of the molecule is Cc1ccccc1-c1n[nH]c(=S)n1N=Cc1cccs1. The summed E-state index contributed by atoms with van der Waals surface area (Å²) in [7, 11) is 0. The summed E-state index contributed by atoms with van der Waals surface area (Å²) in [4.78, 5) is 1.07. The fourth-order valence-corrected chi connectivity index (χ4v) is 2.63. The molecule has 20 heavy (non-hydrogen) atoms. The Morgan fingerprint density at radius 1 is 1.30 bits per heavy atom. The molecule has 1 aromatic carbocycles. The summed E-state index contributed by atoms with van der Waals surface area (Å²) < 4.78 is 2.13. The summed E-state index contributed by atoms with van der Waals surface area (Å²) in [5, 5.41) is 13.5. The molecular weight excluding hydrogens is 288 g/mol. The molecule has 2 aromatic heterocycles. The Morgan fingerprint density at radius 3 is 2.90 bits per heavy atom. The molecule has 4 nitrogen and oxygen atoms in total. The van der Waals surface area contributed by atoms with E-state index in [1.807, 2.05) is 48.7 Å². The van der Waals surface area contributed by atoms with Gasteiger partial charge < -0.3 is 0 Å². The van der Waals surface area contributed by atoms with Gasteiger partial charge >= 0.3 is 0 Å². The Morgan fingerprint density at radius 2 is 2.15 bits per heavy atom. The van der Waals surface area contributed by atoms with Crippen LogP contribution in [0.15, 0.2) is 46.9 Å². The van der Waals surface area contributed by atoms with Gasteiger partial charge in [-0.1, -0.05) is 30.3 Å². The summed E-state index contributed by atoms with van der Waals surface area (Å²) in [6.07, 6.45) is 1.79. The van der Waals surface area contributed by atoms with E-state index in [1.54, 1.807) is 22.2 Å². The minimum Gasteiger partial charge on any atom is -0.250 e. The van der Waals surface area contributed by atoms with Gasteiger partial charge in [-0.05, 0) is 36.2 Å². The van der Waals surface area contributed by atoms with E-state index < -0.39 is 0 Å². The van der Waals surface area contributed by atoms with E-state index in [0.29, 0.717) is 4.77 Å². The molecule has 0 saturated carbocycles. The Kier molecular flexibility index (Phi) is 3.58. The van der Waals surface area contributed by atoms with Crippen LogP contribution in [0.4, 0.5) is 0 Å². The summed E-state index contributed by atoms with van der Waals surface area (Å²) in [6, 6.07) is 12.0. The molecule has 0 fully saturated rings. The van der Waals surface area contributed by atoms with E-state index >= 15 is 0 Å². The van der Waals surface area contributed by atoms with Crippen LogP contribution in [0.1, 0.15) is 10.4 Å². The standard InChI is InChI=1S/C14H12N4S2/c1-10-5-2-3-7-12(10)13-16-17-14(19)18(13)15-9-11-6-4-8-20-11/h2-9H,1H3,(H,17,19). The highest BCUT2D eigenvalue weighted by atomic mass is 32.1. The van der Waals surface area contributed by atoms with Gasteiger partial charge in [0.1, 0.15) is 0 Å². The predicted octanol–water partition coefficient (Wildman–Crippen LogP) is 3.86. The van der Waals surface area contributed by atoms with Crippen LogP contribution in [0.3, 0.4) is 0 Å². The number of nitrogens with zero attached hydrogens (tertiary/aromatic N) is 3. The number of hydrogen-bond donors (Lipinski definition) is 1. The molecule has 0 saturated heterocycles. The Labute approximate surface area is 125 Å². The van der Waals surface area contributed by atoms with Gasteiger partial charge in [0.2, 0.25) is 4.77 Å². The lowest BCUT2D eigenvalue weighted by Crippen LogP contribution is -1.95. The molecule has 0 atom stereocenters. The van der Waals surface area contributed by atoms with E-state index in [-0.39, 0.29) is 0 Å². The molecule has 1 N–H and O–H groups in total. The fraction of sp³-hybridized carbons (Fsp3) is 0.0714. The van der Waals surface area contributed by atoms with Crippen LogP contribution in [0.2, 0.25) is 0 Å². The Balaban J connectivity index is 2.07. The second kappa shape index (κ2) is 5.52. The van der Waals surface area contributed by atoms with Crippen molar-refractivity contribution >= 4 is 29.8 Å². The molecule has 0 amide bonds. The van der Waals surface area contributed by atoms with Crippen molar-refractivity contribution in [1.29, 1.82) is 0 Å². The van der Waals surface area contributed by atoms with E-state index in [0.717, 1.165) is 21.8 Å². The van der Waals surface area contributed by atoms with Crippen molar-refractivity contribution in [1.82, 2.24) is 14.9 Å². The summed E-state index contributed by atoms with van der Waals surface area (Å²) in [6.45, 7) is 2.04. The van der Waals surface area contributed by atoms with E-state index in [2.05, 4.69) is 15.3 Å². The smallest absolute Gasteiger partial charge is 0.216 e. The van der Waals surface area contributed by atoms with Gasteiger partial charge in [0.15, 0.2) is 5.82 Å². The number of aryl methyl sites for hydroxylation is 1. The molecule has 3 aromatic rings. The number of H-pyrrole nitrogens is 1. The van der Waals surface area contributed by atoms with Gasteiger partial charge in [-0.25, -0.2) is 5.10 Å². The average Bonchev–Trinajstić information content (AvgIpc) is 3.07. The van der Waals surface area contributed by atoms with Crippen molar-refractivity contribution in [3.63, 3.8) is 0 Å². The Bertz CT molecular complexity index is 797. The van der Waals surface area contributed by atoms with E-state index in [9.17, 15) is 0 Å². The lowest BCUT2D eigenvalue weighted by atomic mass is 10.1. The first-order chi connectivity index (χ1) is 9.75. The summed E-state index contributed by atoms with van der Waals surface area (Å²) in [5.74, 6) is 0.723. The second-order valence-electron chi connectivity index (χ2n) is 4.24. The van der Waals surface area contributed by atoms with Crippen molar-refractivity contribution in [3.05, 3.63) is 57.0 Å². The highest BCUT2D eigenvalue weighted by molar-refractivity contribution is 7.71. The highest BCUT2D eigenvalue weighted by Crippen LogP contribution is 2.21. The van der Waals surface area contributed by atoms with E-state index in [4.69, 9.17) is 12.2 Å². The molecular formula is C14H12N4S2. The number of aromatic amines is 1. The summed E-state index contributed by atoms with van der Waals surface area (Å²) >= 11 is 6.87. The van der Waals surface area contributed by atoms with Crippen LogP contribution in [0.5, 0.6) is 0 Å². The molecule has 0 unspecified atom stereocenters. The van der Waals surface area contributed by atoms with Gasteiger partial charge in [0.05, 0.1) is 6.21 Å². The van der Waals surface area contributed by atoms with Gasteiger partial charge in [0, 0.05) is 10.4 Å². The number of benzene rings is 1. The third kappa shape index (κ3) is 2.48. The first kappa shape index (κ1) is 13.0. The van der Waals surface area contributed by atoms with Crippen molar-refractivity contribution < 1.29 is 0 Å². The zero-order valence-corrected chi connectivity index (χ0v) is 12.4. The van der Waals surface area contributed by atoms with E-state index in [1.165, 1.54) is 0 Å². The number of nitrogens with one attached hydrogen (secondary N) is 1. The predicted molar refractivity (Wildman–Crippen MR) is 84.9 cm³/mol. The zero-order chi connectivity index (χ0) is 13.9. The van der Waals surface area contributed by atoms with Crippen molar-refractivity contribution in [2.24, 2.45) is 5.10 Å². The van der Waals surface area contributed by atoms with Crippen LogP contribution in [0.25, 0.3) is 11.4 Å². The number of aromatic nitrogens is 3. The van der Waals surface area contributed by atoms with Gasteiger partial charge in [-0.3, -0.25) is 0 Å². The maximum Gasteiger partial charge on any atom is 0.216 e. The van der Waals surface area contributed by atoms with Crippen molar-refractivity contribution in [3.8, 4) is 11.4 Å². The lowest BCUT2D eigenvalue weighted by Gasteiger charge is -2.03. The van der Waals surface area contributed by atoms with Crippen LogP contribution >= 0.6 is 23.6 Å². The van der Waals surface area contributed by atoms with Gasteiger partial charge in [-0.2, -0.15) is 14.9 Å². The molecule has 3 rings (SSSR count). The lowest BCUT2D eigenvalue weighted by molar-refractivity contribution is 0.871. The fourth-order valence-electron chi connectivity index (χ4n) is 1.88. The highest BCUT2D eigenvalue weighted by Gasteiger charge is 2.09. The molecule has 0 radical (unpaired) electrons. The zero-order valence-electron chi connectivity index (χ0n) is 10.8. The minimum absolute atomic E-state index is 0.482. The van der Waals surface area contributed by atoms with Gasteiger partial charge in [0.25, 0.3) is 0 Å². The maximum atomic E-state index is 5.25. The largest absolute Gasteiger partial charge is 0.250 e. The molecule has 0 aliphatic rings. The first-order valence-electron chi connectivity index (χ1n) is 6.07. The third-order valence-corrected chi connectivity index (χ3v) is 3.95. The molecule has 0 spiro atoms.